The fourth-order valence-corrected chi connectivity index (χ4v) is 6.97. The van der Waals surface area contributed by atoms with Gasteiger partial charge in [-0.25, -0.2) is 14.4 Å². The fraction of sp³-hybridized carbons (Fsp3) is 0.792. The Kier molecular flexibility index (Phi) is 23.1. The van der Waals surface area contributed by atoms with Crippen molar-refractivity contribution in [1.29, 1.82) is 0 Å². The van der Waals surface area contributed by atoms with E-state index in [2.05, 4.69) is 22.5 Å². The summed E-state index contributed by atoms with van der Waals surface area (Å²) in [6.45, 7) is 5.21. The average Bonchev–Trinajstić information content (AvgIpc) is 3.02. The van der Waals surface area contributed by atoms with Crippen molar-refractivity contribution >= 4 is 35.7 Å². The molecule has 0 aliphatic heterocycles. The smallest absolute Gasteiger partial charge is 0.461 e. The molecule has 3 N–H and O–H groups in total. The normalized spacial score (nSPS) is 11.6. The second kappa shape index (κ2) is 24.3. The lowest BCUT2D eigenvalue weighted by Crippen LogP contribution is -2.45. The van der Waals surface area contributed by atoms with Gasteiger partial charge in [0.1, 0.15) is 13.2 Å². The highest BCUT2D eigenvalue weighted by Gasteiger charge is 2.37. The molecule has 0 saturated carbocycles. The monoisotopic (exact) mass is 642 g/mol. The molecule has 0 bridgehead atoms. The number of amides is 3. The van der Waals surface area contributed by atoms with E-state index in [4.69, 9.17) is 40.8 Å². The molecule has 246 valence electrons. The van der Waals surface area contributed by atoms with Gasteiger partial charge in [0.05, 0.1) is 26.4 Å². The van der Waals surface area contributed by atoms with Crippen LogP contribution in [0.4, 0.5) is 9.59 Å². The molecule has 0 aliphatic rings. The second-order valence-electron chi connectivity index (χ2n) is 8.50. The van der Waals surface area contributed by atoms with Crippen LogP contribution in [0.2, 0.25) is 12.1 Å². The molecule has 0 atom stereocenters. The molecule has 0 spiro atoms. The van der Waals surface area contributed by atoms with Crippen molar-refractivity contribution in [2.24, 2.45) is 0 Å². The Morgan fingerprint density at radius 2 is 1.26 bits per heavy atom. The van der Waals surface area contributed by atoms with E-state index in [9.17, 15) is 14.4 Å². The number of carbonyl (C=O) groups is 3. The van der Waals surface area contributed by atoms with Gasteiger partial charge in [0.25, 0.3) is 0 Å². The lowest BCUT2D eigenvalue weighted by Gasteiger charge is -2.24. The van der Waals surface area contributed by atoms with Crippen molar-refractivity contribution in [2.75, 3.05) is 102 Å². The van der Waals surface area contributed by atoms with Crippen molar-refractivity contribution in [3.05, 3.63) is 12.7 Å². The predicted octanol–water partition coefficient (Wildman–Crippen LogP) is 0.554. The first-order valence-corrected chi connectivity index (χ1v) is 17.4. The molecule has 0 rings (SSSR count). The van der Waals surface area contributed by atoms with E-state index in [0.717, 1.165) is 12.5 Å². The van der Waals surface area contributed by atoms with Crippen molar-refractivity contribution in [1.82, 2.24) is 20.9 Å². The van der Waals surface area contributed by atoms with Crippen LogP contribution in [0.3, 0.4) is 0 Å². The Balaban J connectivity index is 4.53. The highest BCUT2D eigenvalue weighted by atomic mass is 28.4. The summed E-state index contributed by atoms with van der Waals surface area (Å²) in [4.78, 5) is 37.4. The minimum Gasteiger partial charge on any atom is -0.461 e. The molecule has 0 aromatic heterocycles. The Hall–Kier alpha value is -2.14. The number of nitrogens with zero attached hydrogens (tertiary/aromatic N) is 1. The van der Waals surface area contributed by atoms with Gasteiger partial charge >= 0.3 is 35.7 Å². The van der Waals surface area contributed by atoms with Crippen LogP contribution in [-0.4, -0.2) is 143 Å². The summed E-state index contributed by atoms with van der Waals surface area (Å²) in [6.07, 6.45) is 1.76. The summed E-state index contributed by atoms with van der Waals surface area (Å²) in [6, 6.07) is 0.756. The van der Waals surface area contributed by atoms with Gasteiger partial charge in [-0.2, -0.15) is 0 Å². The molecule has 0 saturated heterocycles. The Morgan fingerprint density at radius 3 is 1.81 bits per heavy atom. The Labute approximate surface area is 251 Å². The highest BCUT2D eigenvalue weighted by Crippen LogP contribution is 2.15. The third kappa shape index (κ3) is 17.1. The second-order valence-corrected chi connectivity index (χ2v) is 14.7. The maximum atomic E-state index is 12.7. The van der Waals surface area contributed by atoms with Gasteiger partial charge in [0.2, 0.25) is 0 Å². The number of urea groups is 1. The van der Waals surface area contributed by atoms with Crippen molar-refractivity contribution in [3.8, 4) is 0 Å². The first-order chi connectivity index (χ1) is 20.2. The van der Waals surface area contributed by atoms with E-state index < -0.39 is 35.7 Å². The van der Waals surface area contributed by atoms with Crippen LogP contribution in [0.5, 0.6) is 0 Å². The van der Waals surface area contributed by atoms with Gasteiger partial charge in [0, 0.05) is 73.9 Å². The van der Waals surface area contributed by atoms with Crippen molar-refractivity contribution in [2.45, 2.75) is 24.9 Å². The highest BCUT2D eigenvalue weighted by molar-refractivity contribution is 6.60. The number of nitrogens with one attached hydrogen (secondary N) is 3. The number of rotatable bonds is 26. The maximum absolute atomic E-state index is 12.7. The molecule has 16 nitrogen and oxygen atoms in total. The zero-order valence-electron chi connectivity index (χ0n) is 25.8. The fourth-order valence-electron chi connectivity index (χ4n) is 3.52. The van der Waals surface area contributed by atoms with Gasteiger partial charge in [0.15, 0.2) is 0 Å². The summed E-state index contributed by atoms with van der Waals surface area (Å²) >= 11 is 0. The molecule has 0 aromatic carbocycles. The van der Waals surface area contributed by atoms with Crippen LogP contribution in [0.25, 0.3) is 0 Å². The average molecular weight is 643 g/mol. The molecule has 18 heteroatoms. The van der Waals surface area contributed by atoms with Crippen LogP contribution >= 0.6 is 0 Å². The molecule has 0 aromatic rings. The quantitative estimate of drug-likeness (QED) is 0.0393. The van der Waals surface area contributed by atoms with Crippen LogP contribution in [-0.2, 0) is 45.6 Å². The van der Waals surface area contributed by atoms with Gasteiger partial charge in [-0.1, -0.05) is 6.58 Å². The van der Waals surface area contributed by atoms with E-state index in [-0.39, 0.29) is 46.2 Å². The Bertz CT molecular complexity index is 744. The van der Waals surface area contributed by atoms with Crippen LogP contribution in [0, 0.1) is 0 Å². The summed E-state index contributed by atoms with van der Waals surface area (Å²) in [5.41, 5.74) is 0. The summed E-state index contributed by atoms with van der Waals surface area (Å²) in [7, 11) is 3.98. The number of hydrogen-bond donors (Lipinski definition) is 3. The number of hydrogen-bond acceptors (Lipinski definition) is 13. The predicted molar refractivity (Wildman–Crippen MR) is 157 cm³/mol. The molecular weight excluding hydrogens is 592 g/mol. The van der Waals surface area contributed by atoms with E-state index >= 15 is 0 Å². The molecule has 42 heavy (non-hydrogen) atoms. The molecule has 3 amide bonds. The lowest BCUT2D eigenvalue weighted by molar-refractivity contribution is -0.137. The number of esters is 1. The Morgan fingerprint density at radius 1 is 0.714 bits per heavy atom. The molecule has 0 fully saturated rings. The maximum Gasteiger partial charge on any atom is 0.500 e. The van der Waals surface area contributed by atoms with Crippen LogP contribution in [0.1, 0.15) is 12.8 Å². The SMILES string of the molecule is C=CC(=O)OCCNC(=O)N(CCOCNCCC[Si](OC)(OC)OC)CCOC(=O)NCCC[Si](OC)(OC)OC. The standard InChI is InChI=1S/C24H50N4O12Si2/c1-8-22(29)39-16-13-26-23(30)28(14-17-38-21-25-11-9-19-41(32-2,33-3)34-4)15-18-40-24(31)27-12-10-20-42(35-5,36-6)37-7/h8,25H,1,9-21H2,2-7H3,(H,26,30)(H,27,31). The van der Waals surface area contributed by atoms with Crippen LogP contribution < -0.4 is 16.0 Å². The molecule has 0 aliphatic carbocycles. The van der Waals surface area contributed by atoms with E-state index in [1.165, 1.54) is 26.2 Å². The molecular formula is C24H50N4O12Si2. The first-order valence-electron chi connectivity index (χ1n) is 13.5. The minimum absolute atomic E-state index is 0.0114. The summed E-state index contributed by atoms with van der Waals surface area (Å²) in [5, 5.41) is 8.46. The third-order valence-electron chi connectivity index (χ3n) is 6.01. The minimum atomic E-state index is -2.71. The molecule has 0 heterocycles. The zero-order valence-corrected chi connectivity index (χ0v) is 27.8. The third-order valence-corrected chi connectivity index (χ3v) is 11.7. The van der Waals surface area contributed by atoms with E-state index in [1.54, 1.807) is 21.3 Å². The number of ether oxygens (including phenoxy) is 3. The summed E-state index contributed by atoms with van der Waals surface area (Å²) in [5.74, 6) is -0.583. The van der Waals surface area contributed by atoms with Gasteiger partial charge < -0.3 is 56.3 Å². The lowest BCUT2D eigenvalue weighted by atomic mass is 10.5. The molecule has 0 unspecified atom stereocenters. The van der Waals surface area contributed by atoms with E-state index in [1.807, 2.05) is 0 Å². The first kappa shape index (κ1) is 39.9. The number of carbonyl (C=O) groups excluding carboxylic acids is 3. The van der Waals surface area contributed by atoms with Crippen molar-refractivity contribution < 1.29 is 55.2 Å². The van der Waals surface area contributed by atoms with E-state index in [0.29, 0.717) is 31.6 Å². The molecule has 0 radical (unpaired) electrons. The topological polar surface area (TPSA) is 174 Å². The van der Waals surface area contributed by atoms with Crippen LogP contribution in [0.15, 0.2) is 12.7 Å². The van der Waals surface area contributed by atoms with Gasteiger partial charge in [-0.05, 0) is 19.4 Å². The van der Waals surface area contributed by atoms with Gasteiger partial charge in [-0.15, -0.1) is 0 Å². The summed E-state index contributed by atoms with van der Waals surface area (Å²) < 4.78 is 47.9. The largest absolute Gasteiger partial charge is 0.500 e. The zero-order chi connectivity index (χ0) is 31.7. The van der Waals surface area contributed by atoms with Crippen molar-refractivity contribution in [3.63, 3.8) is 0 Å². The van der Waals surface area contributed by atoms with Gasteiger partial charge in [-0.3, -0.25) is 5.32 Å². The number of alkyl carbamates (subject to hydrolysis) is 1.